The Morgan fingerprint density at radius 1 is 1.07 bits per heavy atom. The lowest BCUT2D eigenvalue weighted by Gasteiger charge is -2.29. The molecule has 0 radical (unpaired) electrons. The van der Waals surface area contributed by atoms with Gasteiger partial charge in [0, 0.05) is 34.5 Å². The van der Waals surface area contributed by atoms with E-state index >= 15 is 4.39 Å². The number of aromatic nitrogens is 2. The highest BCUT2D eigenvalue weighted by molar-refractivity contribution is 7.18. The Morgan fingerprint density at radius 3 is 2.45 bits per heavy atom. The molecule has 3 N–H and O–H groups in total. The third kappa shape index (κ3) is 6.21. The Morgan fingerprint density at radius 2 is 1.81 bits per heavy atom. The minimum absolute atomic E-state index is 0.0317. The van der Waals surface area contributed by atoms with Crippen molar-refractivity contribution >= 4 is 33.3 Å². The van der Waals surface area contributed by atoms with Crippen LogP contribution in [-0.2, 0) is 4.79 Å². The van der Waals surface area contributed by atoms with Gasteiger partial charge in [0.05, 0.1) is 19.2 Å². The number of amides is 1. The first-order valence-electron chi connectivity index (χ1n) is 13.8. The molecular weight excluding hydrogens is 553 g/mol. The van der Waals surface area contributed by atoms with Crippen LogP contribution in [-0.4, -0.2) is 40.8 Å². The molecule has 0 fully saturated rings. The minimum atomic E-state index is -0.963. The number of carboxylic acid groups (broad SMARTS) is 1. The van der Waals surface area contributed by atoms with Gasteiger partial charge in [-0.2, -0.15) is 5.10 Å². The van der Waals surface area contributed by atoms with Crippen molar-refractivity contribution in [1.82, 2.24) is 15.5 Å². The van der Waals surface area contributed by atoms with Crippen LogP contribution in [0.1, 0.15) is 65.1 Å². The molecule has 0 aliphatic carbocycles. The van der Waals surface area contributed by atoms with Gasteiger partial charge in [0.1, 0.15) is 11.6 Å². The Hall–Kier alpha value is -4.50. The number of nitrogens with zero attached hydrogens (tertiary/aromatic N) is 1. The number of methoxy groups -OCH3 is 1. The van der Waals surface area contributed by atoms with Crippen molar-refractivity contribution < 1.29 is 23.8 Å². The van der Waals surface area contributed by atoms with Crippen LogP contribution < -0.4 is 10.1 Å². The molecule has 2 unspecified atom stereocenters. The number of aliphatic carboxylic acids is 1. The Balaban J connectivity index is 1.59. The number of fused-ring (bicyclic) bond motifs is 1. The molecule has 0 saturated heterocycles. The number of thiophene rings is 1. The predicted octanol–water partition coefficient (Wildman–Crippen LogP) is 7.36. The number of rotatable bonds is 12. The molecule has 2 heterocycles. The summed E-state index contributed by atoms with van der Waals surface area (Å²) >= 11 is 1.59. The lowest BCUT2D eigenvalue weighted by Crippen LogP contribution is -2.26. The summed E-state index contributed by atoms with van der Waals surface area (Å²) in [7, 11) is 1.64. The smallest absolute Gasteiger partial charge is 0.305 e. The zero-order valence-electron chi connectivity index (χ0n) is 23.4. The third-order valence-electron chi connectivity index (χ3n) is 7.50. The molecule has 2 aromatic heterocycles. The van der Waals surface area contributed by atoms with Gasteiger partial charge in [-0.05, 0) is 82.3 Å². The van der Waals surface area contributed by atoms with Gasteiger partial charge in [-0.1, -0.05) is 37.6 Å². The Kier molecular flexibility index (Phi) is 8.97. The van der Waals surface area contributed by atoms with Crippen molar-refractivity contribution in [3.63, 3.8) is 0 Å². The van der Waals surface area contributed by atoms with Crippen LogP contribution in [0.25, 0.3) is 21.3 Å². The van der Waals surface area contributed by atoms with Crippen LogP contribution in [0.15, 0.2) is 78.3 Å². The molecule has 3 aromatic carbocycles. The topological polar surface area (TPSA) is 104 Å². The number of nitrogens with one attached hydrogen (secondary N) is 2. The predicted molar refractivity (Wildman–Crippen MR) is 163 cm³/mol. The maximum Gasteiger partial charge on any atom is 0.305 e. The molecule has 5 rings (SSSR count). The molecule has 0 spiro atoms. The molecule has 0 aliphatic heterocycles. The maximum atomic E-state index is 15.1. The molecule has 216 valence electrons. The lowest BCUT2D eigenvalue weighted by atomic mass is 9.75. The average molecular weight is 586 g/mol. The SMILES string of the molecule is CCCC(c1ccc(C(=O)NCCC(=O)O)cc1)C(c1ccc(OC)cc1)c1csc2c(-c3ccn[nH]3)cc(F)cc12. The van der Waals surface area contributed by atoms with Gasteiger partial charge in [0.25, 0.3) is 5.91 Å². The normalized spacial score (nSPS) is 12.6. The second-order valence-corrected chi connectivity index (χ2v) is 11.0. The third-order valence-corrected chi connectivity index (χ3v) is 8.54. The van der Waals surface area contributed by atoms with Crippen molar-refractivity contribution in [1.29, 1.82) is 0 Å². The fourth-order valence-electron chi connectivity index (χ4n) is 5.51. The van der Waals surface area contributed by atoms with Crippen LogP contribution in [0.4, 0.5) is 4.39 Å². The summed E-state index contributed by atoms with van der Waals surface area (Å²) in [4.78, 5) is 23.4. The summed E-state index contributed by atoms with van der Waals surface area (Å²) in [5.74, 6) is -0.904. The van der Waals surface area contributed by atoms with Crippen LogP contribution in [0.5, 0.6) is 5.75 Å². The van der Waals surface area contributed by atoms with E-state index in [4.69, 9.17) is 9.84 Å². The molecule has 5 aromatic rings. The highest BCUT2D eigenvalue weighted by atomic mass is 32.1. The summed E-state index contributed by atoms with van der Waals surface area (Å²) in [5, 5.41) is 21.5. The van der Waals surface area contributed by atoms with E-state index in [2.05, 4.69) is 40.0 Å². The quantitative estimate of drug-likeness (QED) is 0.142. The van der Waals surface area contributed by atoms with Crippen LogP contribution in [0, 0.1) is 5.82 Å². The van der Waals surface area contributed by atoms with Gasteiger partial charge in [-0.3, -0.25) is 14.7 Å². The van der Waals surface area contributed by atoms with E-state index in [1.807, 2.05) is 30.3 Å². The number of halogens is 1. The van der Waals surface area contributed by atoms with E-state index in [1.54, 1.807) is 48.9 Å². The second kappa shape index (κ2) is 13.0. The first-order valence-corrected chi connectivity index (χ1v) is 14.7. The fraction of sp³-hybridized carbons (Fsp3) is 0.242. The molecule has 2 atom stereocenters. The summed E-state index contributed by atoms with van der Waals surface area (Å²) in [6, 6.07) is 20.5. The summed E-state index contributed by atoms with van der Waals surface area (Å²) < 4.78 is 21.5. The molecule has 9 heteroatoms. The van der Waals surface area contributed by atoms with Gasteiger partial charge < -0.3 is 15.2 Å². The molecule has 42 heavy (non-hydrogen) atoms. The van der Waals surface area contributed by atoms with Crippen molar-refractivity contribution in [3.8, 4) is 17.0 Å². The first kappa shape index (κ1) is 29.0. The maximum absolute atomic E-state index is 15.1. The number of hydrogen-bond acceptors (Lipinski definition) is 5. The van der Waals surface area contributed by atoms with Gasteiger partial charge in [-0.15, -0.1) is 11.3 Å². The van der Waals surface area contributed by atoms with Crippen molar-refractivity contribution in [2.45, 2.75) is 38.0 Å². The van der Waals surface area contributed by atoms with Crippen LogP contribution in [0.3, 0.4) is 0 Å². The van der Waals surface area contributed by atoms with Crippen LogP contribution in [0.2, 0.25) is 0 Å². The largest absolute Gasteiger partial charge is 0.497 e. The van der Waals surface area contributed by atoms with E-state index in [9.17, 15) is 9.59 Å². The minimum Gasteiger partial charge on any atom is -0.497 e. The van der Waals surface area contributed by atoms with E-state index in [1.165, 1.54) is 0 Å². The Labute approximate surface area is 247 Å². The van der Waals surface area contributed by atoms with Gasteiger partial charge in [-0.25, -0.2) is 4.39 Å². The van der Waals surface area contributed by atoms with E-state index in [0.29, 0.717) is 5.56 Å². The van der Waals surface area contributed by atoms with Crippen molar-refractivity contribution in [2.24, 2.45) is 0 Å². The fourth-order valence-corrected chi connectivity index (χ4v) is 6.63. The highest BCUT2D eigenvalue weighted by Crippen LogP contribution is 2.47. The molecular formula is C33H32FN3O4S. The number of H-pyrrole nitrogens is 1. The standard InChI is InChI=1S/C33H32FN3O4S/c1-3-4-25(20-5-7-22(8-6-20)33(40)35-15-14-30(38)39)31(21-9-11-24(41-2)12-10-21)28-19-42-32-26(28)17-23(34)18-27(32)29-13-16-36-37-29/h5-13,16-19,25,31H,3-4,14-15H2,1-2H3,(H,35,40)(H,36,37)(H,38,39). The molecule has 7 nitrogen and oxygen atoms in total. The lowest BCUT2D eigenvalue weighted by molar-refractivity contribution is -0.136. The zero-order chi connectivity index (χ0) is 29.6. The number of hydrogen-bond donors (Lipinski definition) is 3. The van der Waals surface area contributed by atoms with Gasteiger partial charge in [0.2, 0.25) is 0 Å². The van der Waals surface area contributed by atoms with E-state index in [-0.39, 0.29) is 36.5 Å². The van der Waals surface area contributed by atoms with Gasteiger partial charge in [0.15, 0.2) is 0 Å². The first-order chi connectivity index (χ1) is 20.4. The number of carboxylic acids is 1. The van der Waals surface area contributed by atoms with E-state index < -0.39 is 5.97 Å². The number of carbonyl (C=O) groups is 2. The van der Waals surface area contributed by atoms with Crippen molar-refractivity contribution in [3.05, 3.63) is 106 Å². The molecule has 0 saturated carbocycles. The van der Waals surface area contributed by atoms with E-state index in [0.717, 1.165) is 56.6 Å². The van der Waals surface area contributed by atoms with Crippen LogP contribution >= 0.6 is 11.3 Å². The number of carbonyl (C=O) groups excluding carboxylic acids is 1. The molecule has 1 amide bonds. The highest BCUT2D eigenvalue weighted by Gasteiger charge is 2.29. The zero-order valence-corrected chi connectivity index (χ0v) is 24.2. The second-order valence-electron chi connectivity index (χ2n) is 10.2. The number of ether oxygens (including phenoxy) is 1. The Bertz CT molecular complexity index is 1660. The average Bonchev–Trinajstić information content (AvgIpc) is 3.68. The monoisotopic (exact) mass is 585 g/mol. The molecule has 0 aliphatic rings. The van der Waals surface area contributed by atoms with Crippen molar-refractivity contribution in [2.75, 3.05) is 13.7 Å². The summed E-state index contributed by atoms with van der Waals surface area (Å²) in [6.45, 7) is 2.21. The number of benzene rings is 3. The summed E-state index contributed by atoms with van der Waals surface area (Å²) in [5.41, 5.74) is 5.18. The van der Waals surface area contributed by atoms with Gasteiger partial charge >= 0.3 is 5.97 Å². The number of aromatic amines is 1. The molecule has 0 bridgehead atoms. The summed E-state index contributed by atoms with van der Waals surface area (Å²) in [6.07, 6.45) is 3.31.